The average molecular weight is 299 g/mol. The first-order valence-corrected chi connectivity index (χ1v) is 7.54. The zero-order chi connectivity index (χ0) is 15.7. The van der Waals surface area contributed by atoms with E-state index in [1.54, 1.807) is 15.8 Å². The number of amides is 2. The number of likely N-dealkylation sites (tertiary alicyclic amines) is 1. The van der Waals surface area contributed by atoms with Gasteiger partial charge in [-0.15, -0.1) is 0 Å². The number of hydrogen-bond donors (Lipinski definition) is 1. The molecule has 0 saturated carbocycles. The van der Waals surface area contributed by atoms with E-state index in [2.05, 4.69) is 35.3 Å². The Labute approximate surface area is 130 Å². The molecule has 2 aromatic heterocycles. The Morgan fingerprint density at radius 3 is 2.77 bits per heavy atom. The highest BCUT2D eigenvalue weighted by atomic mass is 16.2. The molecule has 0 aromatic carbocycles. The third-order valence-electron chi connectivity index (χ3n) is 4.05. The van der Waals surface area contributed by atoms with Crippen molar-refractivity contribution in [3.63, 3.8) is 0 Å². The zero-order valence-corrected chi connectivity index (χ0v) is 13.2. The normalized spacial score (nSPS) is 15.0. The molecule has 3 heterocycles. The Hall–Kier alpha value is -2.37. The molecule has 6 heteroatoms. The number of carbonyl (C=O) groups is 1. The van der Waals surface area contributed by atoms with E-state index in [4.69, 9.17) is 0 Å². The van der Waals surface area contributed by atoms with Gasteiger partial charge < -0.3 is 4.90 Å². The van der Waals surface area contributed by atoms with Crippen molar-refractivity contribution in [2.75, 3.05) is 18.4 Å². The molecule has 1 N–H and O–H groups in total. The van der Waals surface area contributed by atoms with Crippen LogP contribution in [0.5, 0.6) is 0 Å². The van der Waals surface area contributed by atoms with E-state index in [0.29, 0.717) is 11.8 Å². The molecule has 0 aliphatic carbocycles. The first kappa shape index (κ1) is 14.6. The van der Waals surface area contributed by atoms with Gasteiger partial charge in [0.25, 0.3) is 0 Å². The Balaban J connectivity index is 1.58. The minimum absolute atomic E-state index is 0.0709. The highest BCUT2D eigenvalue weighted by Gasteiger charge is 2.32. The molecule has 1 saturated heterocycles. The van der Waals surface area contributed by atoms with Gasteiger partial charge in [-0.05, 0) is 17.5 Å². The van der Waals surface area contributed by atoms with Gasteiger partial charge in [0.1, 0.15) is 5.82 Å². The average Bonchev–Trinajstić information content (AvgIpc) is 2.80. The van der Waals surface area contributed by atoms with Crippen LogP contribution in [0, 0.1) is 0 Å². The largest absolute Gasteiger partial charge is 0.323 e. The Bertz CT molecular complexity index is 658. The molecule has 3 rings (SSSR count). The van der Waals surface area contributed by atoms with E-state index < -0.39 is 0 Å². The van der Waals surface area contributed by atoms with Crippen LogP contribution >= 0.6 is 0 Å². The molecule has 2 amide bonds. The van der Waals surface area contributed by atoms with Crippen LogP contribution < -0.4 is 5.32 Å². The van der Waals surface area contributed by atoms with Gasteiger partial charge in [0.15, 0.2) is 0 Å². The molecule has 1 aliphatic heterocycles. The minimum Gasteiger partial charge on any atom is -0.323 e. The Morgan fingerprint density at radius 2 is 2.18 bits per heavy atom. The van der Waals surface area contributed by atoms with Gasteiger partial charge in [-0.1, -0.05) is 19.9 Å². The van der Waals surface area contributed by atoms with E-state index in [0.717, 1.165) is 24.6 Å². The topological polar surface area (TPSA) is 63.1 Å². The molecule has 0 atom stereocenters. The van der Waals surface area contributed by atoms with Crippen molar-refractivity contribution >= 4 is 11.8 Å². The summed E-state index contributed by atoms with van der Waals surface area (Å²) in [6, 6.07) is 5.85. The molecule has 1 fully saturated rings. The van der Waals surface area contributed by atoms with Crippen molar-refractivity contribution in [1.82, 2.24) is 19.7 Å². The van der Waals surface area contributed by atoms with Crippen molar-refractivity contribution in [1.29, 1.82) is 0 Å². The van der Waals surface area contributed by atoms with Crippen molar-refractivity contribution in [2.45, 2.75) is 25.7 Å². The molecule has 0 spiro atoms. The molecular weight excluding hydrogens is 278 g/mol. The highest BCUT2D eigenvalue weighted by Crippen LogP contribution is 2.27. The summed E-state index contributed by atoms with van der Waals surface area (Å²) in [6.45, 7) is 5.63. The van der Waals surface area contributed by atoms with Crippen molar-refractivity contribution in [3.05, 3.63) is 41.9 Å². The fourth-order valence-electron chi connectivity index (χ4n) is 2.55. The quantitative estimate of drug-likeness (QED) is 0.947. The maximum Gasteiger partial charge on any atom is 0.323 e. The lowest BCUT2D eigenvalue weighted by molar-refractivity contribution is 0.163. The van der Waals surface area contributed by atoms with Crippen molar-refractivity contribution < 1.29 is 4.79 Å². The minimum atomic E-state index is -0.0709. The summed E-state index contributed by atoms with van der Waals surface area (Å²) in [6.07, 6.45) is 3.64. The molecule has 0 unspecified atom stereocenters. The lowest BCUT2D eigenvalue weighted by Crippen LogP contribution is -2.50. The predicted octanol–water partition coefficient (Wildman–Crippen LogP) is 2.57. The van der Waals surface area contributed by atoms with Gasteiger partial charge >= 0.3 is 6.03 Å². The van der Waals surface area contributed by atoms with Gasteiger partial charge in [0.05, 0.1) is 5.69 Å². The monoisotopic (exact) mass is 299 g/mol. The smallest absolute Gasteiger partial charge is 0.323 e. The number of carbonyl (C=O) groups excluding carboxylic acids is 1. The number of hydrogen-bond acceptors (Lipinski definition) is 3. The van der Waals surface area contributed by atoms with Crippen molar-refractivity contribution in [2.24, 2.45) is 7.05 Å². The second-order valence-corrected chi connectivity index (χ2v) is 6.05. The van der Waals surface area contributed by atoms with Gasteiger partial charge in [-0.25, -0.2) is 4.79 Å². The second kappa shape index (κ2) is 5.79. The lowest BCUT2D eigenvalue weighted by Gasteiger charge is -2.39. The number of urea groups is 1. The summed E-state index contributed by atoms with van der Waals surface area (Å²) in [4.78, 5) is 18.2. The van der Waals surface area contributed by atoms with Crippen LogP contribution in [0.15, 0.2) is 30.6 Å². The van der Waals surface area contributed by atoms with Crippen LogP contribution in [0.4, 0.5) is 10.6 Å². The zero-order valence-electron chi connectivity index (χ0n) is 13.2. The van der Waals surface area contributed by atoms with Gasteiger partial charge in [0.2, 0.25) is 0 Å². The van der Waals surface area contributed by atoms with E-state index in [-0.39, 0.29) is 6.03 Å². The van der Waals surface area contributed by atoms with Crippen LogP contribution in [-0.2, 0) is 7.05 Å². The Morgan fingerprint density at radius 1 is 1.41 bits per heavy atom. The first-order chi connectivity index (χ1) is 10.5. The third kappa shape index (κ3) is 2.81. The molecular formula is C16H21N5O. The van der Waals surface area contributed by atoms with Crippen LogP contribution in [-0.4, -0.2) is 38.8 Å². The summed E-state index contributed by atoms with van der Waals surface area (Å²) in [7, 11) is 1.84. The fourth-order valence-corrected chi connectivity index (χ4v) is 2.55. The van der Waals surface area contributed by atoms with Crippen LogP contribution in [0.3, 0.4) is 0 Å². The highest BCUT2D eigenvalue weighted by molar-refractivity contribution is 5.89. The van der Waals surface area contributed by atoms with Crippen molar-refractivity contribution in [3.8, 4) is 0 Å². The van der Waals surface area contributed by atoms with Gasteiger partial charge in [-0.3, -0.25) is 15.0 Å². The van der Waals surface area contributed by atoms with Gasteiger partial charge in [-0.2, -0.15) is 5.10 Å². The number of nitrogens with zero attached hydrogens (tertiary/aromatic N) is 4. The van der Waals surface area contributed by atoms with E-state index in [1.165, 1.54) is 5.56 Å². The predicted molar refractivity (Wildman–Crippen MR) is 84.9 cm³/mol. The number of pyridine rings is 1. The molecule has 116 valence electrons. The number of nitrogens with one attached hydrogen (secondary N) is 1. The van der Waals surface area contributed by atoms with Gasteiger partial charge in [0, 0.05) is 44.5 Å². The van der Waals surface area contributed by atoms with E-state index in [9.17, 15) is 4.79 Å². The molecule has 0 bridgehead atoms. The number of anilines is 1. The summed E-state index contributed by atoms with van der Waals surface area (Å²) >= 11 is 0. The van der Waals surface area contributed by atoms with Crippen LogP contribution in [0.25, 0.3) is 0 Å². The summed E-state index contributed by atoms with van der Waals surface area (Å²) in [5.74, 6) is 1.46. The fraction of sp³-hybridized carbons (Fsp3) is 0.438. The second-order valence-electron chi connectivity index (χ2n) is 6.05. The maximum absolute atomic E-state index is 12.3. The maximum atomic E-state index is 12.3. The van der Waals surface area contributed by atoms with Crippen LogP contribution in [0.1, 0.15) is 36.9 Å². The SMILES string of the molecule is CC(C)c1cc(NC(=O)N2CC(c3cccnc3)C2)n(C)n1. The first-order valence-electron chi connectivity index (χ1n) is 7.54. The molecule has 0 radical (unpaired) electrons. The molecule has 2 aromatic rings. The van der Waals surface area contributed by atoms with Crippen LogP contribution in [0.2, 0.25) is 0 Å². The molecule has 6 nitrogen and oxygen atoms in total. The van der Waals surface area contributed by atoms with E-state index >= 15 is 0 Å². The Kier molecular flexibility index (Phi) is 3.83. The third-order valence-corrected chi connectivity index (χ3v) is 4.05. The standard InChI is InChI=1S/C16H21N5O/c1-11(2)14-7-15(20(3)19-14)18-16(22)21-9-13(10-21)12-5-4-6-17-8-12/h4-8,11,13H,9-10H2,1-3H3,(H,18,22). The number of aromatic nitrogens is 3. The van der Waals surface area contributed by atoms with E-state index in [1.807, 2.05) is 25.4 Å². The number of rotatable bonds is 3. The summed E-state index contributed by atoms with van der Waals surface area (Å²) in [5.41, 5.74) is 2.17. The lowest BCUT2D eigenvalue weighted by atomic mass is 9.93. The molecule has 1 aliphatic rings. The number of aryl methyl sites for hydroxylation is 1. The summed E-state index contributed by atoms with van der Waals surface area (Å²) in [5, 5.41) is 7.34. The molecule has 22 heavy (non-hydrogen) atoms. The summed E-state index contributed by atoms with van der Waals surface area (Å²) < 4.78 is 1.71.